The Balaban J connectivity index is 1.48. The highest BCUT2D eigenvalue weighted by Gasteiger charge is 2.33. The summed E-state index contributed by atoms with van der Waals surface area (Å²) in [6, 6.07) is 13.5. The van der Waals surface area contributed by atoms with E-state index in [1.165, 1.54) is 16.4 Å². The summed E-state index contributed by atoms with van der Waals surface area (Å²) in [6.45, 7) is 0.524. The normalized spacial score (nSPS) is 18.2. The summed E-state index contributed by atoms with van der Waals surface area (Å²) in [7, 11) is -3.67. The number of aromatic nitrogens is 2. The van der Waals surface area contributed by atoms with Crippen LogP contribution in [0.15, 0.2) is 53.4 Å². The lowest BCUT2D eigenvalue weighted by Crippen LogP contribution is -2.43. The van der Waals surface area contributed by atoms with Crippen LogP contribution < -0.4 is 5.32 Å². The van der Waals surface area contributed by atoms with Gasteiger partial charge in [0.1, 0.15) is 0 Å². The molecule has 7 nitrogen and oxygen atoms in total. The number of rotatable bonds is 4. The molecule has 1 aromatic heterocycles. The Bertz CT molecular complexity index is 1080. The van der Waals surface area contributed by atoms with Crippen molar-refractivity contribution in [3.63, 3.8) is 0 Å². The van der Waals surface area contributed by atoms with Crippen LogP contribution in [0, 0.1) is 5.92 Å². The number of hydrogen-bond donors (Lipinski definition) is 2. The van der Waals surface area contributed by atoms with Gasteiger partial charge in [0.2, 0.25) is 21.9 Å². The number of piperidine rings is 1. The van der Waals surface area contributed by atoms with Crippen LogP contribution in [-0.2, 0) is 14.8 Å². The van der Waals surface area contributed by atoms with Gasteiger partial charge in [0, 0.05) is 18.1 Å². The van der Waals surface area contributed by atoms with E-state index in [2.05, 4.69) is 15.3 Å². The first-order chi connectivity index (χ1) is 13.4. The number of fused-ring (bicyclic) bond motifs is 1. The summed E-state index contributed by atoms with van der Waals surface area (Å²) in [4.78, 5) is 20.3. The first-order valence-corrected chi connectivity index (χ1v) is 10.8. The van der Waals surface area contributed by atoms with Crippen LogP contribution in [0.4, 0.5) is 5.95 Å². The Morgan fingerprint density at radius 3 is 2.68 bits per heavy atom. The summed E-state index contributed by atoms with van der Waals surface area (Å²) >= 11 is 5.85. The van der Waals surface area contributed by atoms with Gasteiger partial charge in [-0.15, -0.1) is 0 Å². The summed E-state index contributed by atoms with van der Waals surface area (Å²) in [5, 5.41) is 3.25. The van der Waals surface area contributed by atoms with Crippen LogP contribution in [0.25, 0.3) is 11.0 Å². The molecule has 0 saturated carbocycles. The lowest BCUT2D eigenvalue weighted by atomic mass is 9.99. The van der Waals surface area contributed by atoms with Gasteiger partial charge in [-0.25, -0.2) is 13.4 Å². The number of nitrogens with zero attached hydrogens (tertiary/aromatic N) is 2. The summed E-state index contributed by atoms with van der Waals surface area (Å²) in [5.74, 6) is -0.317. The van der Waals surface area contributed by atoms with Crippen LogP contribution in [0.2, 0.25) is 5.02 Å². The number of nitrogens with one attached hydrogen (secondary N) is 2. The molecule has 146 valence electrons. The average Bonchev–Trinajstić information content (AvgIpc) is 3.10. The second-order valence-electron chi connectivity index (χ2n) is 6.75. The predicted octanol–water partition coefficient (Wildman–Crippen LogP) is 3.26. The van der Waals surface area contributed by atoms with Gasteiger partial charge < -0.3 is 4.98 Å². The maximum Gasteiger partial charge on any atom is 0.243 e. The first-order valence-electron chi connectivity index (χ1n) is 8.95. The molecule has 2 N–H and O–H groups in total. The Labute approximate surface area is 167 Å². The number of carbonyl (C=O) groups excluding carboxylic acids is 1. The molecule has 2 aromatic carbocycles. The van der Waals surface area contributed by atoms with E-state index in [1.54, 1.807) is 12.1 Å². The molecule has 28 heavy (non-hydrogen) atoms. The van der Waals surface area contributed by atoms with Gasteiger partial charge in [-0.2, -0.15) is 4.31 Å². The average molecular weight is 419 g/mol. The monoisotopic (exact) mass is 418 g/mol. The molecule has 9 heteroatoms. The lowest BCUT2D eigenvalue weighted by molar-refractivity contribution is -0.120. The van der Waals surface area contributed by atoms with Crippen molar-refractivity contribution in [2.45, 2.75) is 17.7 Å². The zero-order chi connectivity index (χ0) is 19.7. The smallest absolute Gasteiger partial charge is 0.243 e. The highest BCUT2D eigenvalue weighted by atomic mass is 35.5. The molecule has 1 fully saturated rings. The molecule has 0 radical (unpaired) electrons. The van der Waals surface area contributed by atoms with Gasteiger partial charge in [0.05, 0.1) is 21.8 Å². The fourth-order valence-electron chi connectivity index (χ4n) is 3.36. The Kier molecular flexibility index (Phi) is 5.09. The van der Waals surface area contributed by atoms with Crippen LogP contribution in [0.5, 0.6) is 0 Å². The number of carbonyl (C=O) groups is 1. The highest BCUT2D eigenvalue weighted by molar-refractivity contribution is 7.89. The van der Waals surface area contributed by atoms with E-state index in [4.69, 9.17) is 11.6 Å². The van der Waals surface area contributed by atoms with Gasteiger partial charge >= 0.3 is 0 Å². The second-order valence-corrected chi connectivity index (χ2v) is 9.12. The fraction of sp³-hybridized carbons (Fsp3) is 0.263. The third-order valence-corrected chi connectivity index (χ3v) is 6.97. The minimum atomic E-state index is -3.67. The van der Waals surface area contributed by atoms with Gasteiger partial charge in [-0.05, 0) is 49.2 Å². The number of benzene rings is 2. The molecule has 3 aromatic rings. The number of para-hydroxylation sites is 2. The summed E-state index contributed by atoms with van der Waals surface area (Å²) < 4.78 is 27.1. The predicted molar refractivity (Wildman–Crippen MR) is 108 cm³/mol. The third-order valence-electron chi connectivity index (χ3n) is 4.84. The van der Waals surface area contributed by atoms with Crippen LogP contribution in [0.3, 0.4) is 0 Å². The molecule has 1 amide bonds. The number of imidazole rings is 1. The molecular weight excluding hydrogens is 400 g/mol. The van der Waals surface area contributed by atoms with Crippen molar-refractivity contribution in [3.05, 3.63) is 53.6 Å². The summed E-state index contributed by atoms with van der Waals surface area (Å²) in [5.41, 5.74) is 1.58. The minimum Gasteiger partial charge on any atom is -0.324 e. The molecule has 1 saturated heterocycles. The lowest BCUT2D eigenvalue weighted by Gasteiger charge is -2.31. The van der Waals surface area contributed by atoms with E-state index in [9.17, 15) is 13.2 Å². The van der Waals surface area contributed by atoms with Gasteiger partial charge in [0.25, 0.3) is 0 Å². The van der Waals surface area contributed by atoms with Crippen molar-refractivity contribution in [3.8, 4) is 0 Å². The number of amides is 1. The number of aromatic amines is 1. The molecule has 0 spiro atoms. The van der Waals surface area contributed by atoms with E-state index >= 15 is 0 Å². The molecule has 0 unspecified atom stereocenters. The van der Waals surface area contributed by atoms with Crippen molar-refractivity contribution >= 4 is 44.5 Å². The van der Waals surface area contributed by atoms with Gasteiger partial charge in [-0.3, -0.25) is 10.1 Å². The van der Waals surface area contributed by atoms with E-state index in [-0.39, 0.29) is 17.3 Å². The number of H-pyrrole nitrogens is 1. The number of sulfonamides is 1. The quantitative estimate of drug-likeness (QED) is 0.679. The highest BCUT2D eigenvalue weighted by Crippen LogP contribution is 2.25. The largest absolute Gasteiger partial charge is 0.324 e. The minimum absolute atomic E-state index is 0.136. The van der Waals surface area contributed by atoms with Crippen LogP contribution in [0.1, 0.15) is 12.8 Å². The van der Waals surface area contributed by atoms with Crippen LogP contribution in [-0.4, -0.2) is 41.7 Å². The molecule has 0 bridgehead atoms. The topological polar surface area (TPSA) is 95.2 Å². The Morgan fingerprint density at radius 2 is 1.93 bits per heavy atom. The van der Waals surface area contributed by atoms with Crippen molar-refractivity contribution < 1.29 is 13.2 Å². The van der Waals surface area contributed by atoms with Crippen molar-refractivity contribution in [1.82, 2.24) is 14.3 Å². The van der Waals surface area contributed by atoms with E-state index < -0.39 is 15.9 Å². The Morgan fingerprint density at radius 1 is 1.18 bits per heavy atom. The molecular formula is C19H19ClN4O3S. The van der Waals surface area contributed by atoms with Gasteiger partial charge in [0.15, 0.2) is 0 Å². The van der Waals surface area contributed by atoms with Crippen LogP contribution >= 0.6 is 11.6 Å². The van der Waals surface area contributed by atoms with Crippen molar-refractivity contribution in [2.24, 2.45) is 5.92 Å². The standard InChI is InChI=1S/C19H19ClN4O3S/c20-14-7-9-15(10-8-14)28(26,27)24-11-3-4-13(12-24)18(25)23-19-21-16-5-1-2-6-17(16)22-19/h1-2,5-10,13H,3-4,11-12H2,(H2,21,22,23,25)/t13-/m1/s1. The molecule has 4 rings (SSSR count). The zero-order valence-electron chi connectivity index (χ0n) is 14.9. The zero-order valence-corrected chi connectivity index (χ0v) is 16.5. The number of hydrogen-bond acceptors (Lipinski definition) is 4. The number of halogens is 1. The first kappa shape index (κ1) is 18.9. The maximum absolute atomic E-state index is 12.9. The molecule has 1 aliphatic rings. The molecule has 1 aliphatic heterocycles. The summed E-state index contributed by atoms with van der Waals surface area (Å²) in [6.07, 6.45) is 1.24. The number of anilines is 1. The van der Waals surface area contributed by atoms with Crippen molar-refractivity contribution in [2.75, 3.05) is 18.4 Å². The van der Waals surface area contributed by atoms with E-state index in [0.29, 0.717) is 30.4 Å². The third kappa shape index (κ3) is 3.76. The fourth-order valence-corrected chi connectivity index (χ4v) is 5.01. The van der Waals surface area contributed by atoms with E-state index in [0.717, 1.165) is 11.0 Å². The SMILES string of the molecule is O=C(Nc1nc2ccccc2[nH]1)[C@@H]1CCCN(S(=O)(=O)c2ccc(Cl)cc2)C1. The molecule has 2 heterocycles. The Hall–Kier alpha value is -2.42. The van der Waals surface area contributed by atoms with Crippen molar-refractivity contribution in [1.29, 1.82) is 0 Å². The maximum atomic E-state index is 12.9. The second kappa shape index (κ2) is 7.54. The van der Waals surface area contributed by atoms with Gasteiger partial charge in [-0.1, -0.05) is 23.7 Å². The molecule has 0 aliphatic carbocycles. The van der Waals surface area contributed by atoms with E-state index in [1.807, 2.05) is 24.3 Å². The molecule has 1 atom stereocenters.